The van der Waals surface area contributed by atoms with E-state index in [1.54, 1.807) is 0 Å². The third kappa shape index (κ3) is 3.55. The molecule has 7 nitrogen and oxygen atoms in total. The van der Waals surface area contributed by atoms with Gasteiger partial charge in [-0.3, -0.25) is 14.5 Å². The molecule has 7 heteroatoms. The van der Waals surface area contributed by atoms with E-state index in [2.05, 4.69) is 17.6 Å². The summed E-state index contributed by atoms with van der Waals surface area (Å²) in [5.74, 6) is 0.369. The molecule has 3 fully saturated rings. The predicted molar refractivity (Wildman–Crippen MR) is 87.2 cm³/mol. The van der Waals surface area contributed by atoms with Gasteiger partial charge in [0.15, 0.2) is 0 Å². The number of amides is 4. The third-order valence-electron chi connectivity index (χ3n) is 5.52. The molecule has 2 aliphatic heterocycles. The van der Waals surface area contributed by atoms with Crippen molar-refractivity contribution in [3.8, 4) is 0 Å². The molecule has 0 unspecified atom stereocenters. The summed E-state index contributed by atoms with van der Waals surface area (Å²) in [6.45, 7) is 3.94. The first-order valence-electron chi connectivity index (χ1n) is 8.99. The molecule has 0 bridgehead atoms. The summed E-state index contributed by atoms with van der Waals surface area (Å²) in [4.78, 5) is 38.1. The van der Waals surface area contributed by atoms with Gasteiger partial charge in [0.05, 0.1) is 6.61 Å². The molecule has 1 saturated carbocycles. The lowest BCUT2D eigenvalue weighted by atomic mass is 9.77. The number of hydrogen-bond donors (Lipinski definition) is 2. The second-order valence-electron chi connectivity index (χ2n) is 7.47. The first-order valence-corrected chi connectivity index (χ1v) is 8.99. The minimum Gasteiger partial charge on any atom is -0.381 e. The summed E-state index contributed by atoms with van der Waals surface area (Å²) >= 11 is 0. The highest BCUT2D eigenvalue weighted by molar-refractivity contribution is 6.09. The highest BCUT2D eigenvalue weighted by Gasteiger charge is 2.52. The topological polar surface area (TPSA) is 87.7 Å². The average Bonchev–Trinajstić information content (AvgIpc) is 2.81. The van der Waals surface area contributed by atoms with Crippen molar-refractivity contribution in [3.63, 3.8) is 0 Å². The molecule has 3 aliphatic rings. The van der Waals surface area contributed by atoms with Crippen LogP contribution in [0.4, 0.5) is 4.79 Å². The number of carbonyl (C=O) groups excluding carboxylic acids is 3. The highest BCUT2D eigenvalue weighted by atomic mass is 16.5. The van der Waals surface area contributed by atoms with E-state index in [-0.39, 0.29) is 18.4 Å². The molecule has 134 valence electrons. The van der Waals surface area contributed by atoms with Gasteiger partial charge in [0, 0.05) is 13.2 Å². The standard InChI is InChI=1S/C17H27N3O4/c1-12-4-6-17(7-5-12)15(22)20(16(23)19-17)10-14(21)18-9-13-3-2-8-24-11-13/h12-13H,2-11H2,1H3,(H,18,21)(H,19,23)/t12?,13-,17?/m1/s1. The summed E-state index contributed by atoms with van der Waals surface area (Å²) in [5, 5.41) is 5.66. The summed E-state index contributed by atoms with van der Waals surface area (Å²) in [6.07, 6.45) is 5.22. The van der Waals surface area contributed by atoms with Gasteiger partial charge in [0.2, 0.25) is 5.91 Å². The van der Waals surface area contributed by atoms with Crippen molar-refractivity contribution in [2.45, 2.75) is 51.0 Å². The zero-order valence-corrected chi connectivity index (χ0v) is 14.3. The van der Waals surface area contributed by atoms with Crippen LogP contribution >= 0.6 is 0 Å². The largest absolute Gasteiger partial charge is 0.381 e. The van der Waals surface area contributed by atoms with Crippen molar-refractivity contribution >= 4 is 17.8 Å². The normalized spacial score (nSPS) is 33.6. The number of rotatable bonds is 4. The Morgan fingerprint density at radius 2 is 2.08 bits per heavy atom. The second-order valence-corrected chi connectivity index (χ2v) is 7.47. The van der Waals surface area contributed by atoms with Gasteiger partial charge in [-0.15, -0.1) is 0 Å². The van der Waals surface area contributed by atoms with Crippen LogP contribution in [0.5, 0.6) is 0 Å². The molecule has 1 spiro atoms. The molecule has 0 aromatic rings. The van der Waals surface area contributed by atoms with Crippen LogP contribution < -0.4 is 10.6 Å². The van der Waals surface area contributed by atoms with Crippen LogP contribution in [0.3, 0.4) is 0 Å². The van der Waals surface area contributed by atoms with Gasteiger partial charge in [0.25, 0.3) is 5.91 Å². The zero-order chi connectivity index (χ0) is 17.2. The fraction of sp³-hybridized carbons (Fsp3) is 0.824. The molecule has 0 radical (unpaired) electrons. The lowest BCUT2D eigenvalue weighted by Gasteiger charge is -2.33. The van der Waals surface area contributed by atoms with Crippen LogP contribution in [0.1, 0.15) is 45.4 Å². The van der Waals surface area contributed by atoms with E-state index in [1.165, 1.54) is 0 Å². The number of nitrogens with zero attached hydrogens (tertiary/aromatic N) is 1. The fourth-order valence-electron chi connectivity index (χ4n) is 3.84. The summed E-state index contributed by atoms with van der Waals surface area (Å²) in [6, 6.07) is -0.439. The zero-order valence-electron chi connectivity index (χ0n) is 14.3. The van der Waals surface area contributed by atoms with Gasteiger partial charge in [-0.25, -0.2) is 4.79 Å². The Morgan fingerprint density at radius 3 is 2.75 bits per heavy atom. The fourth-order valence-corrected chi connectivity index (χ4v) is 3.84. The summed E-state index contributed by atoms with van der Waals surface area (Å²) in [7, 11) is 0. The van der Waals surface area contributed by atoms with E-state index in [1.807, 2.05) is 0 Å². The molecule has 1 atom stereocenters. The Balaban J connectivity index is 1.51. The minimum absolute atomic E-state index is 0.199. The molecule has 4 amide bonds. The quantitative estimate of drug-likeness (QED) is 0.750. The van der Waals surface area contributed by atoms with Gasteiger partial charge in [0.1, 0.15) is 12.1 Å². The minimum atomic E-state index is -0.777. The van der Waals surface area contributed by atoms with Crippen molar-refractivity contribution in [1.82, 2.24) is 15.5 Å². The Hall–Kier alpha value is -1.63. The molecule has 1 aliphatic carbocycles. The number of imide groups is 1. The van der Waals surface area contributed by atoms with Crippen LogP contribution in [-0.4, -0.2) is 54.6 Å². The van der Waals surface area contributed by atoms with E-state index in [0.29, 0.717) is 37.8 Å². The van der Waals surface area contributed by atoms with Crippen molar-refractivity contribution in [3.05, 3.63) is 0 Å². The molecule has 2 N–H and O–H groups in total. The van der Waals surface area contributed by atoms with Crippen LogP contribution in [0.15, 0.2) is 0 Å². The van der Waals surface area contributed by atoms with Gasteiger partial charge >= 0.3 is 6.03 Å². The highest BCUT2D eigenvalue weighted by Crippen LogP contribution is 2.36. The van der Waals surface area contributed by atoms with Crippen molar-refractivity contribution in [2.75, 3.05) is 26.3 Å². The second kappa shape index (κ2) is 7.09. The predicted octanol–water partition coefficient (Wildman–Crippen LogP) is 1.03. The third-order valence-corrected chi connectivity index (χ3v) is 5.52. The Morgan fingerprint density at radius 1 is 1.33 bits per heavy atom. The maximum atomic E-state index is 12.7. The van der Waals surface area contributed by atoms with Gasteiger partial charge in [-0.1, -0.05) is 6.92 Å². The lowest BCUT2D eigenvalue weighted by Crippen LogP contribution is -2.50. The van der Waals surface area contributed by atoms with Crippen molar-refractivity contribution in [2.24, 2.45) is 11.8 Å². The Labute approximate surface area is 142 Å². The number of nitrogens with one attached hydrogen (secondary N) is 2. The molecule has 2 heterocycles. The van der Waals surface area contributed by atoms with Crippen LogP contribution in [0.25, 0.3) is 0 Å². The number of ether oxygens (including phenoxy) is 1. The first kappa shape index (κ1) is 17.2. The first-order chi connectivity index (χ1) is 11.5. The van der Waals surface area contributed by atoms with E-state index < -0.39 is 11.6 Å². The molecule has 0 aromatic heterocycles. The van der Waals surface area contributed by atoms with Crippen LogP contribution in [0, 0.1) is 11.8 Å². The molecule has 2 saturated heterocycles. The number of carbonyl (C=O) groups is 3. The SMILES string of the molecule is CC1CCC2(CC1)NC(=O)N(CC(=O)NC[C@H]1CCCOC1)C2=O. The van der Waals surface area contributed by atoms with Gasteiger partial charge in [-0.2, -0.15) is 0 Å². The molecule has 3 rings (SSSR count). The maximum absolute atomic E-state index is 12.7. The number of hydrogen-bond acceptors (Lipinski definition) is 4. The van der Waals surface area contributed by atoms with Crippen molar-refractivity contribution < 1.29 is 19.1 Å². The Bertz CT molecular complexity index is 508. The molecular weight excluding hydrogens is 310 g/mol. The maximum Gasteiger partial charge on any atom is 0.325 e. The van der Waals surface area contributed by atoms with Crippen LogP contribution in [0.2, 0.25) is 0 Å². The molecule has 0 aromatic carbocycles. The van der Waals surface area contributed by atoms with Crippen molar-refractivity contribution in [1.29, 1.82) is 0 Å². The van der Waals surface area contributed by atoms with E-state index in [4.69, 9.17) is 4.74 Å². The number of urea groups is 1. The molecular formula is C17H27N3O4. The monoisotopic (exact) mass is 337 g/mol. The summed E-state index contributed by atoms with van der Waals surface area (Å²) in [5.41, 5.74) is -0.777. The average molecular weight is 337 g/mol. The smallest absolute Gasteiger partial charge is 0.325 e. The van der Waals surface area contributed by atoms with Crippen LogP contribution in [-0.2, 0) is 14.3 Å². The Kier molecular flexibility index (Phi) is 5.08. The van der Waals surface area contributed by atoms with E-state index in [0.717, 1.165) is 37.2 Å². The lowest BCUT2D eigenvalue weighted by molar-refractivity contribution is -0.136. The molecule has 24 heavy (non-hydrogen) atoms. The summed E-state index contributed by atoms with van der Waals surface area (Å²) < 4.78 is 5.39. The van der Waals surface area contributed by atoms with E-state index >= 15 is 0 Å². The van der Waals surface area contributed by atoms with E-state index in [9.17, 15) is 14.4 Å². The van der Waals surface area contributed by atoms with Gasteiger partial charge in [-0.05, 0) is 50.4 Å². The van der Waals surface area contributed by atoms with Gasteiger partial charge < -0.3 is 15.4 Å².